The number of nitrogens with two attached hydrogens (primary N) is 1. The number of ketones is 1. The Kier molecular flexibility index (Phi) is 16.1. The number of carbonyl (C=O) groups excluding carboxylic acids is 4. The van der Waals surface area contributed by atoms with Gasteiger partial charge >= 0.3 is 0 Å². The smallest absolute Gasteiger partial charge is 0.274 e. The number of anilines is 1. The molecule has 6 N–H and O–H groups in total. The number of hydrogen-bond donors (Lipinski definition) is 5. The SMILES string of the molecule is CC(C)(COP(=O)([O-])OP(=O)([O-])OC[C@H]1O[C@@H](n2cnc3c(N)ncnc32)[C@H](O)[C@@H]1OP(=O)([O-])[O-])[C@@H](O)C(=O)NCCC(=O)NCCSC(=O)C1CCCCC1=O. The fraction of sp³-hybridized carbons (Fsp3) is 0.679. The number of nitrogens with zero attached hydrogens (tertiary/aromatic N) is 4. The molecule has 0 radical (unpaired) electrons. The minimum Gasteiger partial charge on any atom is -0.790 e. The van der Waals surface area contributed by atoms with Crippen LogP contribution in [-0.4, -0.2) is 109 Å². The van der Waals surface area contributed by atoms with E-state index in [1.807, 2.05) is 0 Å². The Labute approximate surface area is 328 Å². The van der Waals surface area contributed by atoms with E-state index in [0.717, 1.165) is 41.8 Å². The normalized spacial score (nSPS) is 24.4. The Morgan fingerprint density at radius 3 is 2.47 bits per heavy atom. The number of fused-ring (bicyclic) bond motifs is 1. The van der Waals surface area contributed by atoms with Crippen LogP contribution in [0, 0.1) is 11.3 Å². The number of nitrogens with one attached hydrogen (secondary N) is 2. The molecular weight excluding hydrogens is 847 g/mol. The Bertz CT molecular complexity index is 1930. The van der Waals surface area contributed by atoms with Gasteiger partial charge in [-0.1, -0.05) is 32.0 Å². The molecule has 0 spiro atoms. The standard InChI is InChI=1S/C28H44N7O18P3S/c1-28(2,22(39)25(40)31-8-7-18(37)30-9-10-57-27(41)15-5-3-4-6-16(15)36)12-50-56(47,48)53-55(45,46)49-11-17-21(52-54(42,43)44)20(38)26(51-17)35-14-34-19-23(29)32-13-33-24(19)35/h13-15,17,20-22,26,38-39H,3-12H2,1-2H3,(H,30,37)(H,31,40)(H,45,46)(H,47,48)(H2,29,32,33)(H2,42,43,44)/p-4/t15?,17-,20-,21-,22+,26-/m1/s1. The fourth-order valence-electron chi connectivity index (χ4n) is 5.59. The fourth-order valence-corrected chi connectivity index (χ4v) is 9.18. The van der Waals surface area contributed by atoms with Crippen molar-refractivity contribution in [2.45, 2.75) is 76.6 Å². The molecule has 2 amide bonds. The molecule has 2 aliphatic rings. The lowest BCUT2D eigenvalue weighted by atomic mass is 9.87. The van der Waals surface area contributed by atoms with Gasteiger partial charge in [0.1, 0.15) is 42.0 Å². The van der Waals surface area contributed by atoms with E-state index in [1.165, 1.54) is 13.8 Å². The van der Waals surface area contributed by atoms with Crippen LogP contribution in [0.1, 0.15) is 52.2 Å². The molecule has 25 nitrogen and oxygen atoms in total. The largest absolute Gasteiger partial charge is 0.790 e. The molecule has 1 aliphatic carbocycles. The van der Waals surface area contributed by atoms with E-state index in [0.29, 0.717) is 12.8 Å². The lowest BCUT2D eigenvalue weighted by molar-refractivity contribution is -0.347. The Balaban J connectivity index is 1.22. The first-order valence-corrected chi connectivity index (χ1v) is 22.4. The molecule has 1 saturated heterocycles. The maximum Gasteiger partial charge on any atom is 0.274 e. The molecule has 2 aromatic rings. The molecule has 320 valence electrons. The lowest BCUT2D eigenvalue weighted by Crippen LogP contribution is -2.46. The van der Waals surface area contributed by atoms with Gasteiger partial charge in [-0.15, -0.1) is 0 Å². The number of thioether (sulfide) groups is 1. The first-order chi connectivity index (χ1) is 26.5. The number of nitrogen functional groups attached to an aromatic ring is 1. The zero-order valence-corrected chi connectivity index (χ0v) is 33.7. The summed E-state index contributed by atoms with van der Waals surface area (Å²) in [5.41, 5.74) is 4.04. The van der Waals surface area contributed by atoms with E-state index in [2.05, 4.69) is 43.5 Å². The summed E-state index contributed by atoms with van der Waals surface area (Å²) in [6.07, 6.45) is -5.22. The van der Waals surface area contributed by atoms with Crippen molar-refractivity contribution in [1.82, 2.24) is 30.2 Å². The number of ether oxygens (including phenoxy) is 1. The Morgan fingerprint density at radius 2 is 1.79 bits per heavy atom. The van der Waals surface area contributed by atoms with E-state index < -0.39 is 90.5 Å². The predicted molar refractivity (Wildman–Crippen MR) is 185 cm³/mol. The summed E-state index contributed by atoms with van der Waals surface area (Å²) >= 11 is 0.948. The first-order valence-electron chi connectivity index (χ1n) is 17.0. The zero-order chi connectivity index (χ0) is 42.3. The van der Waals surface area contributed by atoms with Crippen LogP contribution in [0.5, 0.6) is 0 Å². The molecule has 0 aromatic carbocycles. The number of phosphoric acid groups is 3. The highest BCUT2D eigenvalue weighted by Gasteiger charge is 2.47. The third-order valence-electron chi connectivity index (χ3n) is 8.56. The molecule has 3 heterocycles. The maximum atomic E-state index is 12.5. The van der Waals surface area contributed by atoms with Crippen molar-refractivity contribution in [2.24, 2.45) is 11.3 Å². The number of phosphoric ester groups is 3. The summed E-state index contributed by atoms with van der Waals surface area (Å²) in [7, 11) is -17.6. The minimum absolute atomic E-state index is 0.0262. The van der Waals surface area contributed by atoms with E-state index in [-0.39, 0.29) is 53.1 Å². The van der Waals surface area contributed by atoms with Crippen molar-refractivity contribution in [3.8, 4) is 0 Å². The molecule has 1 aliphatic heterocycles. The van der Waals surface area contributed by atoms with E-state index in [9.17, 15) is 62.7 Å². The predicted octanol–water partition coefficient (Wildman–Crippen LogP) is -3.10. The van der Waals surface area contributed by atoms with Gasteiger partial charge in [0.25, 0.3) is 15.6 Å². The van der Waals surface area contributed by atoms with E-state index in [1.54, 1.807) is 0 Å². The number of hydrogen-bond acceptors (Lipinski definition) is 23. The summed E-state index contributed by atoms with van der Waals surface area (Å²) < 4.78 is 60.5. The van der Waals surface area contributed by atoms with Gasteiger partial charge < -0.3 is 69.0 Å². The van der Waals surface area contributed by atoms with Crippen LogP contribution in [0.15, 0.2) is 12.7 Å². The second-order valence-electron chi connectivity index (χ2n) is 13.4. The lowest BCUT2D eigenvalue weighted by Gasteiger charge is -2.36. The summed E-state index contributed by atoms with van der Waals surface area (Å²) in [5.74, 6) is -2.08. The molecule has 3 unspecified atom stereocenters. The monoisotopic (exact) mass is 887 g/mol. The summed E-state index contributed by atoms with van der Waals surface area (Å²) in [4.78, 5) is 108. The number of carbonyl (C=O) groups is 4. The highest BCUT2D eigenvalue weighted by molar-refractivity contribution is 8.13. The van der Waals surface area contributed by atoms with E-state index >= 15 is 0 Å². The number of aliphatic hydroxyl groups is 2. The molecule has 0 bridgehead atoms. The summed E-state index contributed by atoms with van der Waals surface area (Å²) in [6.45, 7) is -0.0532. The zero-order valence-electron chi connectivity index (χ0n) is 30.2. The van der Waals surface area contributed by atoms with Gasteiger partial charge in [0, 0.05) is 37.1 Å². The topological polar surface area (TPSA) is 392 Å². The van der Waals surface area contributed by atoms with Gasteiger partial charge in [-0.2, -0.15) is 0 Å². The second-order valence-corrected chi connectivity index (χ2v) is 18.6. The Morgan fingerprint density at radius 1 is 1.09 bits per heavy atom. The number of aromatic nitrogens is 4. The molecule has 57 heavy (non-hydrogen) atoms. The molecule has 8 atom stereocenters. The third kappa shape index (κ3) is 13.4. The quantitative estimate of drug-likeness (QED) is 0.0499. The van der Waals surface area contributed by atoms with Crippen molar-refractivity contribution in [3.05, 3.63) is 12.7 Å². The van der Waals surface area contributed by atoms with Crippen LogP contribution >= 0.6 is 35.2 Å². The van der Waals surface area contributed by atoms with Gasteiger partial charge in [-0.3, -0.25) is 32.9 Å². The molecule has 1 saturated carbocycles. The van der Waals surface area contributed by atoms with Crippen LogP contribution in [-0.2, 0) is 55.5 Å². The van der Waals surface area contributed by atoms with Crippen LogP contribution in [0.25, 0.3) is 11.2 Å². The van der Waals surface area contributed by atoms with Gasteiger partial charge in [-0.05, 0) is 12.8 Å². The van der Waals surface area contributed by atoms with Gasteiger partial charge in [-0.25, -0.2) is 19.3 Å². The third-order valence-corrected chi connectivity index (χ3v) is 12.6. The first kappa shape index (κ1) is 46.9. The molecule has 4 rings (SSSR count). The highest BCUT2D eigenvalue weighted by Crippen LogP contribution is 2.56. The number of rotatable bonds is 20. The maximum absolute atomic E-state index is 12.5. The number of amides is 2. The molecule has 2 fully saturated rings. The van der Waals surface area contributed by atoms with Crippen molar-refractivity contribution < 1.29 is 85.3 Å². The number of Topliss-reactive ketones (excluding diaryl/α,β-unsaturated/α-hetero) is 1. The van der Waals surface area contributed by atoms with Crippen LogP contribution in [0.2, 0.25) is 0 Å². The van der Waals surface area contributed by atoms with Gasteiger partial charge in [0.05, 0.1) is 33.3 Å². The number of aliphatic hydroxyl groups excluding tert-OH is 2. The van der Waals surface area contributed by atoms with Crippen LogP contribution in [0.4, 0.5) is 5.82 Å². The van der Waals surface area contributed by atoms with Crippen LogP contribution in [0.3, 0.4) is 0 Å². The Hall–Kier alpha value is -2.77. The summed E-state index contributed by atoms with van der Waals surface area (Å²) in [6, 6.07) is 0. The average molecular weight is 888 g/mol. The van der Waals surface area contributed by atoms with Crippen LogP contribution < -0.4 is 35.9 Å². The van der Waals surface area contributed by atoms with Crippen molar-refractivity contribution in [1.29, 1.82) is 0 Å². The second kappa shape index (κ2) is 19.5. The van der Waals surface area contributed by atoms with Gasteiger partial charge in [0.2, 0.25) is 11.8 Å². The molecule has 29 heteroatoms. The highest BCUT2D eigenvalue weighted by atomic mass is 32.2. The van der Waals surface area contributed by atoms with Crippen molar-refractivity contribution >= 4 is 74.9 Å². The number of imidazole rings is 1. The minimum atomic E-state index is -5.92. The molecular formula is C28H40N7O18P3S-4. The van der Waals surface area contributed by atoms with Crippen molar-refractivity contribution in [2.75, 3.05) is 37.8 Å². The van der Waals surface area contributed by atoms with Crippen molar-refractivity contribution in [3.63, 3.8) is 0 Å². The molecule has 2 aromatic heterocycles. The average Bonchev–Trinajstić information content (AvgIpc) is 3.68. The van der Waals surface area contributed by atoms with Gasteiger partial charge in [0.15, 0.2) is 22.8 Å². The van der Waals surface area contributed by atoms with E-state index in [4.69, 9.17) is 10.5 Å². The summed E-state index contributed by atoms with van der Waals surface area (Å²) in [5, 5.41) is 25.9.